The molecule has 1 heterocycles. The van der Waals surface area contributed by atoms with Crippen LogP contribution < -0.4 is 10.8 Å². The number of nitrogens with two attached hydrogens (primary N) is 1. The molecule has 0 saturated carbocycles. The van der Waals surface area contributed by atoms with Gasteiger partial charge in [-0.05, 0) is 11.8 Å². The maximum absolute atomic E-state index is 11.4. The number of carboxylic acid groups (broad SMARTS) is 1. The van der Waals surface area contributed by atoms with Gasteiger partial charge in [-0.3, -0.25) is 0 Å². The van der Waals surface area contributed by atoms with E-state index in [0.29, 0.717) is 10.6 Å². The number of nitrogens with zero attached hydrogens (tertiary/aromatic N) is 3. The van der Waals surface area contributed by atoms with E-state index in [1.165, 1.54) is 11.8 Å². The van der Waals surface area contributed by atoms with Crippen molar-refractivity contribution >= 4 is 35.4 Å². The Labute approximate surface area is 135 Å². The Balaban J connectivity index is 2.46. The summed E-state index contributed by atoms with van der Waals surface area (Å²) in [5, 5.41) is 20.4. The molecule has 0 radical (unpaired) electrons. The van der Waals surface area contributed by atoms with Crippen molar-refractivity contribution in [1.29, 1.82) is 5.26 Å². The maximum Gasteiger partial charge on any atom is 0.222 e. The van der Waals surface area contributed by atoms with E-state index in [1.54, 1.807) is 36.6 Å². The first-order valence-corrected chi connectivity index (χ1v) is 8.21. The second kappa shape index (κ2) is 7.15. The van der Waals surface area contributed by atoms with Crippen molar-refractivity contribution in [2.45, 2.75) is 15.3 Å². The molecule has 2 aromatic rings. The molecule has 0 amide bonds. The number of carbonyl (C=O) groups is 1. The minimum atomic E-state index is -1.26. The lowest BCUT2D eigenvalue weighted by Gasteiger charge is -2.18. The van der Waals surface area contributed by atoms with Gasteiger partial charge < -0.3 is 15.6 Å². The highest BCUT2D eigenvalue weighted by Gasteiger charge is 2.20. The topological polar surface area (TPSA) is 116 Å². The molecule has 0 aliphatic rings. The predicted octanol–water partition coefficient (Wildman–Crippen LogP) is 1.24. The van der Waals surface area contributed by atoms with Crippen molar-refractivity contribution < 1.29 is 9.90 Å². The standard InChI is InChI=1S/C14H12N4O2S2/c1-21-11-9(7-15)12(18-14(16)17-11)22-10(13(19)20)8-5-3-2-4-6-8/h2-6,10H,1H3,(H,19,20)(H2,16,17,18)/p-1/t10-/m1/s1. The van der Waals surface area contributed by atoms with Crippen LogP contribution >= 0.6 is 23.5 Å². The number of nitriles is 1. The molecule has 0 aliphatic heterocycles. The van der Waals surface area contributed by atoms with Gasteiger partial charge in [0.15, 0.2) is 0 Å². The van der Waals surface area contributed by atoms with Gasteiger partial charge in [0.05, 0.1) is 11.2 Å². The van der Waals surface area contributed by atoms with Crippen LogP contribution in [-0.2, 0) is 4.79 Å². The molecule has 0 unspecified atom stereocenters. The number of thioether (sulfide) groups is 2. The molecule has 2 N–H and O–H groups in total. The normalized spacial score (nSPS) is 11.6. The molecule has 0 saturated heterocycles. The van der Waals surface area contributed by atoms with E-state index in [0.717, 1.165) is 11.8 Å². The monoisotopic (exact) mass is 331 g/mol. The average Bonchev–Trinajstić information content (AvgIpc) is 2.52. The summed E-state index contributed by atoms with van der Waals surface area (Å²) in [4.78, 5) is 19.4. The average molecular weight is 331 g/mol. The minimum absolute atomic E-state index is 0.00369. The summed E-state index contributed by atoms with van der Waals surface area (Å²) in [7, 11) is 0. The summed E-state index contributed by atoms with van der Waals surface area (Å²) < 4.78 is 0. The van der Waals surface area contributed by atoms with Gasteiger partial charge in [0.25, 0.3) is 0 Å². The van der Waals surface area contributed by atoms with Crippen molar-refractivity contribution in [2.75, 3.05) is 12.0 Å². The highest BCUT2D eigenvalue weighted by Crippen LogP contribution is 2.37. The number of hydrogen-bond donors (Lipinski definition) is 1. The summed E-state index contributed by atoms with van der Waals surface area (Å²) in [5.74, 6) is -1.26. The Morgan fingerprint density at radius 2 is 1.95 bits per heavy atom. The lowest BCUT2D eigenvalue weighted by atomic mass is 10.1. The summed E-state index contributed by atoms with van der Waals surface area (Å²) in [5.41, 5.74) is 6.40. The van der Waals surface area contributed by atoms with Crippen LogP contribution in [0, 0.1) is 11.3 Å². The number of hydrogen-bond acceptors (Lipinski definition) is 8. The molecule has 112 valence electrons. The number of rotatable bonds is 5. The second-order valence-corrected chi connectivity index (χ2v) is 6.00. The van der Waals surface area contributed by atoms with Crippen LogP contribution in [0.25, 0.3) is 0 Å². The first kappa shape index (κ1) is 16.1. The Morgan fingerprint density at radius 1 is 1.32 bits per heavy atom. The van der Waals surface area contributed by atoms with Gasteiger partial charge in [-0.25, -0.2) is 9.97 Å². The zero-order chi connectivity index (χ0) is 16.1. The van der Waals surface area contributed by atoms with Crippen molar-refractivity contribution in [3.05, 3.63) is 41.5 Å². The largest absolute Gasteiger partial charge is 0.549 e. The van der Waals surface area contributed by atoms with Crippen LogP contribution in [0.5, 0.6) is 0 Å². The molecular weight excluding hydrogens is 320 g/mol. The Bertz CT molecular complexity index is 732. The van der Waals surface area contributed by atoms with Crippen molar-refractivity contribution in [3.8, 4) is 6.07 Å². The van der Waals surface area contributed by atoms with Gasteiger partial charge in [-0.2, -0.15) is 5.26 Å². The van der Waals surface area contributed by atoms with Gasteiger partial charge in [-0.1, -0.05) is 42.1 Å². The molecule has 1 atom stereocenters. The summed E-state index contributed by atoms with van der Waals surface area (Å²) >= 11 is 2.17. The van der Waals surface area contributed by atoms with Crippen LogP contribution in [0.2, 0.25) is 0 Å². The maximum atomic E-state index is 11.4. The van der Waals surface area contributed by atoms with Gasteiger partial charge in [0.1, 0.15) is 21.7 Å². The van der Waals surface area contributed by atoms with E-state index in [1.807, 2.05) is 6.07 Å². The van der Waals surface area contributed by atoms with E-state index < -0.39 is 11.2 Å². The number of carboxylic acids is 1. The third kappa shape index (κ3) is 3.50. The van der Waals surface area contributed by atoms with Gasteiger partial charge in [-0.15, -0.1) is 11.8 Å². The number of carbonyl (C=O) groups excluding carboxylic acids is 1. The van der Waals surface area contributed by atoms with Gasteiger partial charge in [0.2, 0.25) is 5.95 Å². The summed E-state index contributed by atoms with van der Waals surface area (Å²) in [6.45, 7) is 0. The molecule has 6 nitrogen and oxygen atoms in total. The zero-order valence-corrected chi connectivity index (χ0v) is 13.1. The Kier molecular flexibility index (Phi) is 5.25. The molecule has 0 bridgehead atoms. The molecule has 22 heavy (non-hydrogen) atoms. The number of aromatic nitrogens is 2. The molecule has 0 fully saturated rings. The fourth-order valence-electron chi connectivity index (χ4n) is 1.76. The number of aliphatic carboxylic acids is 1. The van der Waals surface area contributed by atoms with Crippen molar-refractivity contribution in [2.24, 2.45) is 0 Å². The smallest absolute Gasteiger partial charge is 0.222 e. The second-order valence-electron chi connectivity index (χ2n) is 4.11. The van der Waals surface area contributed by atoms with Crippen LogP contribution in [0.1, 0.15) is 16.4 Å². The van der Waals surface area contributed by atoms with Crippen LogP contribution in [0.4, 0.5) is 5.95 Å². The van der Waals surface area contributed by atoms with Crippen LogP contribution in [0.15, 0.2) is 40.4 Å². The zero-order valence-electron chi connectivity index (χ0n) is 11.5. The van der Waals surface area contributed by atoms with Crippen LogP contribution in [-0.4, -0.2) is 22.2 Å². The summed E-state index contributed by atoms with van der Waals surface area (Å²) in [6.07, 6.45) is 1.75. The first-order chi connectivity index (χ1) is 10.6. The Hall–Kier alpha value is -2.24. The highest BCUT2D eigenvalue weighted by atomic mass is 32.2. The molecule has 8 heteroatoms. The third-order valence-corrected chi connectivity index (χ3v) is 4.61. The number of benzene rings is 1. The minimum Gasteiger partial charge on any atom is -0.549 e. The van der Waals surface area contributed by atoms with Crippen molar-refractivity contribution in [3.63, 3.8) is 0 Å². The third-order valence-electron chi connectivity index (χ3n) is 2.71. The van der Waals surface area contributed by atoms with Crippen LogP contribution in [0.3, 0.4) is 0 Å². The fourth-order valence-corrected chi connectivity index (χ4v) is 3.37. The van der Waals surface area contributed by atoms with E-state index >= 15 is 0 Å². The quantitative estimate of drug-likeness (QED) is 0.642. The molecule has 2 rings (SSSR count). The van der Waals surface area contributed by atoms with E-state index in [-0.39, 0.29) is 16.5 Å². The number of anilines is 1. The Morgan fingerprint density at radius 3 is 2.50 bits per heavy atom. The highest BCUT2D eigenvalue weighted by molar-refractivity contribution is 8.00. The van der Waals surface area contributed by atoms with Crippen molar-refractivity contribution in [1.82, 2.24) is 9.97 Å². The fraction of sp³-hybridized carbons (Fsp3) is 0.143. The van der Waals surface area contributed by atoms with E-state index in [2.05, 4.69) is 9.97 Å². The SMILES string of the molecule is CSc1nc(N)nc(S[C@@H](C(=O)[O-])c2ccccc2)c1C#N. The first-order valence-electron chi connectivity index (χ1n) is 6.11. The summed E-state index contributed by atoms with van der Waals surface area (Å²) in [6, 6.07) is 10.6. The molecular formula is C14H11N4O2S2-. The van der Waals surface area contributed by atoms with E-state index in [9.17, 15) is 15.2 Å². The molecule has 1 aromatic heterocycles. The van der Waals surface area contributed by atoms with Gasteiger partial charge >= 0.3 is 0 Å². The number of nitrogen functional groups attached to an aromatic ring is 1. The predicted molar refractivity (Wildman–Crippen MR) is 83.0 cm³/mol. The molecule has 0 spiro atoms. The lowest BCUT2D eigenvalue weighted by molar-refractivity contribution is -0.305. The van der Waals surface area contributed by atoms with E-state index in [4.69, 9.17) is 5.73 Å². The molecule has 0 aliphatic carbocycles. The molecule has 1 aromatic carbocycles. The van der Waals surface area contributed by atoms with Gasteiger partial charge in [0, 0.05) is 0 Å². The lowest BCUT2D eigenvalue weighted by Crippen LogP contribution is -2.28.